The van der Waals surface area contributed by atoms with Crippen LogP contribution >= 0.6 is 11.6 Å². The van der Waals surface area contributed by atoms with E-state index >= 15 is 0 Å². The van der Waals surface area contributed by atoms with Crippen LogP contribution in [0.2, 0.25) is 5.02 Å². The summed E-state index contributed by atoms with van der Waals surface area (Å²) in [7, 11) is 0. The first-order valence-corrected chi connectivity index (χ1v) is 7.25. The van der Waals surface area contributed by atoms with E-state index in [-0.39, 0.29) is 12.5 Å². The first-order valence-electron chi connectivity index (χ1n) is 6.87. The average Bonchev–Trinajstić information content (AvgIpc) is 3.13. The summed E-state index contributed by atoms with van der Waals surface area (Å²) in [4.78, 5) is 12.6. The van der Waals surface area contributed by atoms with Crippen molar-refractivity contribution in [1.29, 1.82) is 0 Å². The molecular formula is C16H16ClNO3. The second-order valence-electron chi connectivity index (χ2n) is 5.32. The minimum atomic E-state index is -0.524. The molecule has 5 heteroatoms. The fourth-order valence-electron chi connectivity index (χ4n) is 2.55. The molecule has 110 valence electrons. The lowest BCUT2D eigenvalue weighted by molar-refractivity contribution is -0.124. The molecule has 0 aliphatic heterocycles. The van der Waals surface area contributed by atoms with Crippen molar-refractivity contribution in [2.45, 2.75) is 24.3 Å². The summed E-state index contributed by atoms with van der Waals surface area (Å²) in [5.41, 5.74) is 0.397. The highest BCUT2D eigenvalue weighted by Gasteiger charge is 2.51. The standard InChI is InChI=1S/C16H16ClNO3/c17-12-4-1-3-11(9-12)16(6-7-16)15(20)18-13(10-19)14-5-2-8-21-14/h1-5,8-9,13,19H,6-7,10H2,(H,18,20). The number of benzene rings is 1. The van der Waals surface area contributed by atoms with Crippen molar-refractivity contribution in [3.05, 3.63) is 59.0 Å². The number of rotatable bonds is 5. The van der Waals surface area contributed by atoms with Gasteiger partial charge in [-0.3, -0.25) is 4.79 Å². The Kier molecular flexibility index (Phi) is 3.74. The Morgan fingerprint density at radius 3 is 2.76 bits per heavy atom. The van der Waals surface area contributed by atoms with E-state index in [2.05, 4.69) is 5.32 Å². The summed E-state index contributed by atoms with van der Waals surface area (Å²) >= 11 is 6.01. The van der Waals surface area contributed by atoms with Crippen molar-refractivity contribution in [3.8, 4) is 0 Å². The van der Waals surface area contributed by atoms with Crippen molar-refractivity contribution >= 4 is 17.5 Å². The molecule has 0 saturated heterocycles. The molecule has 1 amide bonds. The lowest BCUT2D eigenvalue weighted by atomic mass is 9.94. The summed E-state index contributed by atoms with van der Waals surface area (Å²) in [6, 6.07) is 10.3. The predicted octanol–water partition coefficient (Wildman–Crippen LogP) is 2.81. The van der Waals surface area contributed by atoms with Crippen LogP contribution in [0.25, 0.3) is 0 Å². The van der Waals surface area contributed by atoms with Crippen molar-refractivity contribution in [2.24, 2.45) is 0 Å². The molecule has 2 N–H and O–H groups in total. The molecule has 1 atom stereocenters. The summed E-state index contributed by atoms with van der Waals surface area (Å²) in [6.07, 6.45) is 3.10. The van der Waals surface area contributed by atoms with E-state index in [0.717, 1.165) is 18.4 Å². The van der Waals surface area contributed by atoms with Crippen LogP contribution in [0, 0.1) is 0 Å². The molecule has 1 saturated carbocycles. The van der Waals surface area contributed by atoms with Crippen molar-refractivity contribution in [1.82, 2.24) is 5.32 Å². The number of nitrogens with one attached hydrogen (secondary N) is 1. The molecule has 1 aliphatic rings. The third-order valence-corrected chi connectivity index (χ3v) is 4.17. The highest BCUT2D eigenvalue weighted by Crippen LogP contribution is 2.49. The van der Waals surface area contributed by atoms with Gasteiger partial charge in [0.25, 0.3) is 0 Å². The Hall–Kier alpha value is -1.78. The Balaban J connectivity index is 1.79. The van der Waals surface area contributed by atoms with Crippen LogP contribution in [0.4, 0.5) is 0 Å². The number of amides is 1. The number of carbonyl (C=O) groups is 1. The number of hydrogen-bond donors (Lipinski definition) is 2. The van der Waals surface area contributed by atoms with Crippen LogP contribution in [0.5, 0.6) is 0 Å². The fraction of sp³-hybridized carbons (Fsp3) is 0.312. The number of aliphatic hydroxyl groups excluding tert-OH is 1. The van der Waals surface area contributed by atoms with Gasteiger partial charge in [0.05, 0.1) is 18.3 Å². The maximum atomic E-state index is 12.6. The normalized spacial score (nSPS) is 17.2. The highest BCUT2D eigenvalue weighted by atomic mass is 35.5. The van der Waals surface area contributed by atoms with Gasteiger partial charge in [0, 0.05) is 5.02 Å². The van der Waals surface area contributed by atoms with Gasteiger partial charge in [-0.15, -0.1) is 0 Å². The second kappa shape index (κ2) is 5.54. The molecule has 21 heavy (non-hydrogen) atoms. The van der Waals surface area contributed by atoms with Gasteiger partial charge in [-0.2, -0.15) is 0 Å². The van der Waals surface area contributed by atoms with Gasteiger partial charge < -0.3 is 14.8 Å². The van der Waals surface area contributed by atoms with E-state index in [4.69, 9.17) is 16.0 Å². The molecule has 1 aromatic heterocycles. The average molecular weight is 306 g/mol. The largest absolute Gasteiger partial charge is 0.467 e. The molecular weight excluding hydrogens is 290 g/mol. The van der Waals surface area contributed by atoms with Crippen LogP contribution in [0.15, 0.2) is 47.1 Å². The molecule has 0 bridgehead atoms. The van der Waals surface area contributed by atoms with Gasteiger partial charge in [-0.1, -0.05) is 23.7 Å². The van der Waals surface area contributed by atoms with Crippen molar-refractivity contribution in [2.75, 3.05) is 6.61 Å². The fourth-order valence-corrected chi connectivity index (χ4v) is 2.74. The molecule has 1 fully saturated rings. The first-order chi connectivity index (χ1) is 10.2. The van der Waals surface area contributed by atoms with Crippen LogP contribution in [0.3, 0.4) is 0 Å². The van der Waals surface area contributed by atoms with Crippen LogP contribution in [-0.2, 0) is 10.2 Å². The lowest BCUT2D eigenvalue weighted by Crippen LogP contribution is -2.38. The quantitative estimate of drug-likeness (QED) is 0.893. The predicted molar refractivity (Wildman–Crippen MR) is 79.0 cm³/mol. The van der Waals surface area contributed by atoms with Crippen molar-refractivity contribution in [3.63, 3.8) is 0 Å². The van der Waals surface area contributed by atoms with Crippen LogP contribution in [0.1, 0.15) is 30.2 Å². The minimum Gasteiger partial charge on any atom is -0.467 e. The third kappa shape index (κ3) is 2.69. The number of aliphatic hydroxyl groups is 1. The number of furan rings is 1. The molecule has 1 aromatic carbocycles. The minimum absolute atomic E-state index is 0.0970. The summed E-state index contributed by atoms with van der Waals surface area (Å²) < 4.78 is 5.25. The van der Waals surface area contributed by atoms with E-state index in [9.17, 15) is 9.90 Å². The van der Waals surface area contributed by atoms with E-state index in [0.29, 0.717) is 10.8 Å². The molecule has 4 nitrogen and oxygen atoms in total. The maximum Gasteiger partial charge on any atom is 0.231 e. The van der Waals surface area contributed by atoms with Gasteiger partial charge in [0.1, 0.15) is 11.8 Å². The molecule has 3 rings (SSSR count). The Morgan fingerprint density at radius 1 is 1.38 bits per heavy atom. The smallest absolute Gasteiger partial charge is 0.231 e. The zero-order valence-corrected chi connectivity index (χ0v) is 12.1. The zero-order valence-electron chi connectivity index (χ0n) is 11.4. The van der Waals surface area contributed by atoms with Gasteiger partial charge in [-0.05, 0) is 42.7 Å². The van der Waals surface area contributed by atoms with E-state index in [1.165, 1.54) is 6.26 Å². The van der Waals surface area contributed by atoms with Crippen molar-refractivity contribution < 1.29 is 14.3 Å². The molecule has 1 aliphatic carbocycles. The summed E-state index contributed by atoms with van der Waals surface area (Å²) in [5.74, 6) is 0.452. The molecule has 0 spiro atoms. The molecule has 1 heterocycles. The van der Waals surface area contributed by atoms with Gasteiger partial charge >= 0.3 is 0 Å². The Labute approximate surface area is 127 Å². The lowest BCUT2D eigenvalue weighted by Gasteiger charge is -2.20. The highest BCUT2D eigenvalue weighted by molar-refractivity contribution is 6.30. The van der Waals surface area contributed by atoms with Gasteiger partial charge in [-0.25, -0.2) is 0 Å². The molecule has 1 unspecified atom stereocenters. The Bertz CT molecular complexity index is 635. The number of carbonyl (C=O) groups excluding carboxylic acids is 1. The SMILES string of the molecule is O=C(NC(CO)c1ccco1)C1(c2cccc(Cl)c2)CC1. The maximum absolute atomic E-state index is 12.6. The monoisotopic (exact) mass is 305 g/mol. The third-order valence-electron chi connectivity index (χ3n) is 3.94. The summed E-state index contributed by atoms with van der Waals surface area (Å²) in [5, 5.41) is 12.9. The van der Waals surface area contributed by atoms with E-state index in [1.807, 2.05) is 18.2 Å². The van der Waals surface area contributed by atoms with E-state index < -0.39 is 11.5 Å². The zero-order chi connectivity index (χ0) is 14.9. The Morgan fingerprint density at radius 2 is 2.19 bits per heavy atom. The molecule has 0 radical (unpaired) electrons. The first kappa shape index (κ1) is 14.2. The van der Waals surface area contributed by atoms with Gasteiger partial charge in [0.2, 0.25) is 5.91 Å². The van der Waals surface area contributed by atoms with Gasteiger partial charge in [0.15, 0.2) is 0 Å². The number of halogens is 1. The summed E-state index contributed by atoms with van der Waals surface area (Å²) in [6.45, 7) is -0.203. The van der Waals surface area contributed by atoms with E-state index in [1.54, 1.807) is 18.2 Å². The second-order valence-corrected chi connectivity index (χ2v) is 5.75. The van der Waals surface area contributed by atoms with Crippen LogP contribution in [-0.4, -0.2) is 17.6 Å². The van der Waals surface area contributed by atoms with Crippen LogP contribution < -0.4 is 5.32 Å². The number of hydrogen-bond acceptors (Lipinski definition) is 3. The molecule has 2 aromatic rings. The topological polar surface area (TPSA) is 62.5 Å².